The Morgan fingerprint density at radius 1 is 0.933 bits per heavy atom. The second-order valence-electron chi connectivity index (χ2n) is 6.71. The summed E-state index contributed by atoms with van der Waals surface area (Å²) in [5.41, 5.74) is 1.63. The molecule has 2 aromatic carbocycles. The summed E-state index contributed by atoms with van der Waals surface area (Å²) >= 11 is 0. The van der Waals surface area contributed by atoms with Gasteiger partial charge in [0.05, 0.1) is 0 Å². The zero-order chi connectivity index (χ0) is 21.8. The van der Waals surface area contributed by atoms with Gasteiger partial charge in [-0.25, -0.2) is 9.59 Å². The summed E-state index contributed by atoms with van der Waals surface area (Å²) in [6.45, 7) is 3.63. The molecule has 0 unspecified atom stereocenters. The van der Waals surface area contributed by atoms with Crippen molar-refractivity contribution in [3.8, 4) is 0 Å². The number of aliphatic carboxylic acids is 1. The SMILES string of the molecule is C=CCC[C@H](NC(=O)[C@@H](Cc1ccccc1)NC(=O)OCc1ccccc1)C(=O)O. The van der Waals surface area contributed by atoms with Crippen LogP contribution in [-0.2, 0) is 27.4 Å². The van der Waals surface area contributed by atoms with Gasteiger partial charge in [-0.2, -0.15) is 0 Å². The summed E-state index contributed by atoms with van der Waals surface area (Å²) in [4.78, 5) is 36.5. The highest BCUT2D eigenvalue weighted by atomic mass is 16.5. The second-order valence-corrected chi connectivity index (χ2v) is 6.71. The average molecular weight is 410 g/mol. The van der Waals surface area contributed by atoms with Gasteiger partial charge in [-0.15, -0.1) is 6.58 Å². The molecule has 2 rings (SSSR count). The highest BCUT2D eigenvalue weighted by Crippen LogP contribution is 2.07. The summed E-state index contributed by atoms with van der Waals surface area (Å²) in [6, 6.07) is 16.2. The van der Waals surface area contributed by atoms with E-state index in [1.54, 1.807) is 6.08 Å². The van der Waals surface area contributed by atoms with E-state index in [9.17, 15) is 19.5 Å². The van der Waals surface area contributed by atoms with Crippen LogP contribution in [0.15, 0.2) is 73.3 Å². The number of nitrogens with one attached hydrogen (secondary N) is 2. The minimum Gasteiger partial charge on any atom is -0.480 e. The fourth-order valence-corrected chi connectivity index (χ4v) is 2.78. The highest BCUT2D eigenvalue weighted by molar-refractivity contribution is 5.89. The van der Waals surface area contributed by atoms with E-state index in [1.165, 1.54) is 0 Å². The molecule has 0 aliphatic rings. The first-order chi connectivity index (χ1) is 14.5. The van der Waals surface area contributed by atoms with E-state index < -0.39 is 30.1 Å². The van der Waals surface area contributed by atoms with Gasteiger partial charge in [-0.05, 0) is 24.0 Å². The van der Waals surface area contributed by atoms with Crippen LogP contribution in [0.4, 0.5) is 4.79 Å². The molecule has 7 heteroatoms. The maximum atomic E-state index is 12.8. The van der Waals surface area contributed by atoms with Crippen LogP contribution in [0.2, 0.25) is 0 Å². The molecule has 0 spiro atoms. The Morgan fingerprint density at radius 2 is 1.53 bits per heavy atom. The number of allylic oxidation sites excluding steroid dienone is 1. The van der Waals surface area contributed by atoms with Gasteiger partial charge >= 0.3 is 12.1 Å². The lowest BCUT2D eigenvalue weighted by molar-refractivity contribution is -0.142. The third-order valence-electron chi connectivity index (χ3n) is 4.38. The van der Waals surface area contributed by atoms with Gasteiger partial charge in [0.1, 0.15) is 18.7 Å². The van der Waals surface area contributed by atoms with Crippen LogP contribution in [0.3, 0.4) is 0 Å². The molecular formula is C23H26N2O5. The largest absolute Gasteiger partial charge is 0.480 e. The van der Waals surface area contributed by atoms with E-state index in [-0.39, 0.29) is 19.4 Å². The van der Waals surface area contributed by atoms with Crippen molar-refractivity contribution in [3.05, 3.63) is 84.4 Å². The fourth-order valence-electron chi connectivity index (χ4n) is 2.78. The number of carbonyl (C=O) groups is 3. The Kier molecular flexibility index (Phi) is 9.12. The maximum absolute atomic E-state index is 12.8. The number of carbonyl (C=O) groups excluding carboxylic acids is 2. The lowest BCUT2D eigenvalue weighted by Crippen LogP contribution is -2.52. The Hall–Kier alpha value is -3.61. The number of hydrogen-bond acceptors (Lipinski definition) is 4. The molecule has 2 amide bonds. The van der Waals surface area contributed by atoms with Crippen molar-refractivity contribution in [3.63, 3.8) is 0 Å². The van der Waals surface area contributed by atoms with Crippen molar-refractivity contribution >= 4 is 18.0 Å². The molecule has 2 aromatic rings. The molecule has 158 valence electrons. The van der Waals surface area contributed by atoms with Crippen molar-refractivity contribution < 1.29 is 24.2 Å². The number of benzene rings is 2. The number of carboxylic acid groups (broad SMARTS) is 1. The molecular weight excluding hydrogens is 384 g/mol. The number of hydrogen-bond donors (Lipinski definition) is 3. The van der Waals surface area contributed by atoms with Gasteiger partial charge in [0.15, 0.2) is 0 Å². The standard InChI is InChI=1S/C23H26N2O5/c1-2-3-14-19(22(27)28)24-21(26)20(15-17-10-6-4-7-11-17)25-23(29)30-16-18-12-8-5-9-13-18/h2,4-13,19-20H,1,3,14-16H2,(H,24,26)(H,25,29)(H,27,28)/t19-,20+/m0/s1. The number of alkyl carbamates (subject to hydrolysis) is 1. The summed E-state index contributed by atoms with van der Waals surface area (Å²) in [6.07, 6.45) is 1.67. The zero-order valence-corrected chi connectivity index (χ0v) is 16.6. The van der Waals surface area contributed by atoms with Crippen LogP contribution in [0.25, 0.3) is 0 Å². The molecule has 0 aliphatic heterocycles. The van der Waals surface area contributed by atoms with Crippen molar-refractivity contribution in [2.24, 2.45) is 0 Å². The molecule has 0 heterocycles. The van der Waals surface area contributed by atoms with Crippen LogP contribution >= 0.6 is 0 Å². The third-order valence-corrected chi connectivity index (χ3v) is 4.38. The number of rotatable bonds is 11. The van der Waals surface area contributed by atoms with Crippen molar-refractivity contribution in [1.29, 1.82) is 0 Å². The number of ether oxygens (including phenoxy) is 1. The fraction of sp³-hybridized carbons (Fsp3) is 0.261. The minimum absolute atomic E-state index is 0.0590. The molecule has 3 N–H and O–H groups in total. The Labute approximate surface area is 175 Å². The summed E-state index contributed by atoms with van der Waals surface area (Å²) < 4.78 is 5.20. The van der Waals surface area contributed by atoms with Crippen LogP contribution in [0.5, 0.6) is 0 Å². The smallest absolute Gasteiger partial charge is 0.408 e. The van der Waals surface area contributed by atoms with Gasteiger partial charge in [0.2, 0.25) is 5.91 Å². The van der Waals surface area contributed by atoms with Gasteiger partial charge in [-0.3, -0.25) is 4.79 Å². The van der Waals surface area contributed by atoms with Crippen molar-refractivity contribution in [2.75, 3.05) is 0 Å². The first-order valence-corrected chi connectivity index (χ1v) is 9.64. The summed E-state index contributed by atoms with van der Waals surface area (Å²) in [5.74, 6) is -1.73. The first-order valence-electron chi connectivity index (χ1n) is 9.64. The second kappa shape index (κ2) is 12.1. The Bertz CT molecular complexity index is 839. The Morgan fingerprint density at radius 3 is 2.10 bits per heavy atom. The maximum Gasteiger partial charge on any atom is 0.408 e. The molecule has 0 fully saturated rings. The molecule has 0 aliphatic carbocycles. The van der Waals surface area contributed by atoms with Crippen molar-refractivity contribution in [1.82, 2.24) is 10.6 Å². The minimum atomic E-state index is -1.14. The zero-order valence-electron chi connectivity index (χ0n) is 16.6. The average Bonchev–Trinajstić information content (AvgIpc) is 2.76. The Balaban J connectivity index is 2.04. The van der Waals surface area contributed by atoms with E-state index in [4.69, 9.17) is 4.74 Å². The van der Waals surface area contributed by atoms with Crippen LogP contribution < -0.4 is 10.6 Å². The topological polar surface area (TPSA) is 105 Å². The molecule has 0 bridgehead atoms. The van der Waals surface area contributed by atoms with Crippen molar-refractivity contribution in [2.45, 2.75) is 38.0 Å². The van der Waals surface area contributed by atoms with Gasteiger partial charge in [-0.1, -0.05) is 66.7 Å². The molecule has 2 atom stereocenters. The highest BCUT2D eigenvalue weighted by Gasteiger charge is 2.27. The predicted molar refractivity (Wildman–Crippen MR) is 113 cm³/mol. The number of carboxylic acids is 1. The molecule has 7 nitrogen and oxygen atoms in total. The van der Waals surface area contributed by atoms with E-state index >= 15 is 0 Å². The van der Waals surface area contributed by atoms with Gasteiger partial charge in [0, 0.05) is 6.42 Å². The quantitative estimate of drug-likeness (QED) is 0.494. The predicted octanol–water partition coefficient (Wildman–Crippen LogP) is 3.06. The van der Waals surface area contributed by atoms with E-state index in [2.05, 4.69) is 17.2 Å². The molecule has 0 saturated carbocycles. The lowest BCUT2D eigenvalue weighted by atomic mass is 10.0. The van der Waals surface area contributed by atoms with E-state index in [0.717, 1.165) is 11.1 Å². The van der Waals surface area contributed by atoms with Crippen LogP contribution in [0.1, 0.15) is 24.0 Å². The monoisotopic (exact) mass is 410 g/mol. The first kappa shape index (κ1) is 22.7. The van der Waals surface area contributed by atoms with Gasteiger partial charge in [0.25, 0.3) is 0 Å². The number of amides is 2. The molecule has 30 heavy (non-hydrogen) atoms. The normalized spacial score (nSPS) is 12.3. The summed E-state index contributed by atoms with van der Waals surface area (Å²) in [7, 11) is 0. The van der Waals surface area contributed by atoms with Crippen LogP contribution in [0, 0.1) is 0 Å². The van der Waals surface area contributed by atoms with Crippen LogP contribution in [-0.4, -0.2) is 35.2 Å². The molecule has 0 aromatic heterocycles. The summed E-state index contributed by atoms with van der Waals surface area (Å²) in [5, 5.41) is 14.4. The van der Waals surface area contributed by atoms with E-state index in [1.807, 2.05) is 60.7 Å². The lowest BCUT2D eigenvalue weighted by Gasteiger charge is -2.21. The van der Waals surface area contributed by atoms with Gasteiger partial charge < -0.3 is 20.5 Å². The third kappa shape index (κ3) is 7.79. The van der Waals surface area contributed by atoms with E-state index in [0.29, 0.717) is 6.42 Å². The molecule has 0 saturated heterocycles. The molecule has 0 radical (unpaired) electrons.